The van der Waals surface area contributed by atoms with Crippen LogP contribution in [-0.4, -0.2) is 48.6 Å². The molecule has 0 unspecified atom stereocenters. The molecule has 0 aliphatic heterocycles. The first kappa shape index (κ1) is 25.2. The SMILES string of the molecule is COc1ccc(-c2cn(-c3ccccc3)c(=O)n2C(=O)/C=C/c2cc(OC)c(O)c(OC)c2)cc1OC. The highest BCUT2D eigenvalue weighted by Gasteiger charge is 2.20. The molecule has 0 aliphatic carbocycles. The average molecular weight is 503 g/mol. The number of allylic oxidation sites excluding steroid dienone is 1. The molecule has 190 valence electrons. The molecule has 1 N–H and O–H groups in total. The number of phenolic OH excluding ortho intramolecular Hbond substituents is 1. The Hall–Kier alpha value is -4.92. The van der Waals surface area contributed by atoms with E-state index >= 15 is 0 Å². The number of hydrogen-bond acceptors (Lipinski definition) is 7. The van der Waals surface area contributed by atoms with E-state index < -0.39 is 11.6 Å². The Morgan fingerprint density at radius 1 is 0.811 bits per heavy atom. The molecule has 0 amide bonds. The van der Waals surface area contributed by atoms with Crippen molar-refractivity contribution in [1.82, 2.24) is 9.13 Å². The minimum absolute atomic E-state index is 0.152. The zero-order chi connectivity index (χ0) is 26.5. The van der Waals surface area contributed by atoms with Crippen LogP contribution >= 0.6 is 0 Å². The van der Waals surface area contributed by atoms with E-state index in [9.17, 15) is 14.7 Å². The van der Waals surface area contributed by atoms with E-state index in [1.165, 1.54) is 45.2 Å². The number of nitrogens with zero attached hydrogens (tertiary/aromatic N) is 2. The maximum absolute atomic E-state index is 13.5. The van der Waals surface area contributed by atoms with Gasteiger partial charge in [-0.05, 0) is 54.1 Å². The minimum atomic E-state index is -0.574. The molecule has 1 aromatic heterocycles. The summed E-state index contributed by atoms with van der Waals surface area (Å²) in [5.41, 5.74) is 1.55. The van der Waals surface area contributed by atoms with Crippen LogP contribution in [0.5, 0.6) is 28.7 Å². The topological polar surface area (TPSA) is 101 Å². The number of phenols is 1. The highest BCUT2D eigenvalue weighted by atomic mass is 16.5. The lowest BCUT2D eigenvalue weighted by Crippen LogP contribution is -2.27. The largest absolute Gasteiger partial charge is 0.502 e. The van der Waals surface area contributed by atoms with Gasteiger partial charge < -0.3 is 24.1 Å². The van der Waals surface area contributed by atoms with E-state index in [0.717, 1.165) is 4.57 Å². The number of rotatable bonds is 8. The summed E-state index contributed by atoms with van der Waals surface area (Å²) in [6.07, 6.45) is 4.39. The van der Waals surface area contributed by atoms with Crippen molar-refractivity contribution < 1.29 is 28.8 Å². The van der Waals surface area contributed by atoms with Gasteiger partial charge in [0.1, 0.15) is 0 Å². The third-order valence-electron chi connectivity index (χ3n) is 5.74. The number of methoxy groups -OCH3 is 4. The second-order valence-electron chi connectivity index (χ2n) is 7.85. The van der Waals surface area contributed by atoms with Crippen LogP contribution in [0.1, 0.15) is 10.4 Å². The zero-order valence-corrected chi connectivity index (χ0v) is 20.8. The Kier molecular flexibility index (Phi) is 7.34. The van der Waals surface area contributed by atoms with Crippen molar-refractivity contribution in [3.63, 3.8) is 0 Å². The minimum Gasteiger partial charge on any atom is -0.502 e. The van der Waals surface area contributed by atoms with Crippen LogP contribution in [0.15, 0.2) is 77.7 Å². The van der Waals surface area contributed by atoms with Crippen molar-refractivity contribution in [2.45, 2.75) is 0 Å². The van der Waals surface area contributed by atoms with Crippen molar-refractivity contribution in [2.24, 2.45) is 0 Å². The van der Waals surface area contributed by atoms with Crippen LogP contribution in [-0.2, 0) is 0 Å². The molecule has 0 saturated carbocycles. The smallest absolute Gasteiger partial charge is 0.340 e. The predicted molar refractivity (Wildman–Crippen MR) is 139 cm³/mol. The molecule has 0 atom stereocenters. The molecule has 4 aromatic rings. The first-order valence-electron chi connectivity index (χ1n) is 11.2. The first-order chi connectivity index (χ1) is 17.9. The summed E-state index contributed by atoms with van der Waals surface area (Å²) in [7, 11) is 5.86. The highest BCUT2D eigenvalue weighted by Crippen LogP contribution is 2.37. The predicted octanol–water partition coefficient (Wildman–Crippen LogP) is 4.40. The van der Waals surface area contributed by atoms with Crippen LogP contribution in [0.25, 0.3) is 23.0 Å². The van der Waals surface area contributed by atoms with Gasteiger partial charge in [0.25, 0.3) is 5.91 Å². The standard InChI is InChI=1S/C28H26N2O7/c1-34-22-12-11-19(16-23(22)35-2)21-17-29(20-8-6-5-7-9-20)28(33)30(21)26(31)13-10-18-14-24(36-3)27(32)25(15-18)37-4/h5-17,32H,1-4H3/b13-10+. The van der Waals surface area contributed by atoms with Gasteiger partial charge in [0.2, 0.25) is 5.75 Å². The van der Waals surface area contributed by atoms with E-state index in [-0.39, 0.29) is 17.2 Å². The molecule has 3 aromatic carbocycles. The van der Waals surface area contributed by atoms with E-state index in [0.29, 0.717) is 34.0 Å². The third kappa shape index (κ3) is 4.92. The molecule has 0 aliphatic rings. The number of carbonyl (C=O) groups is 1. The summed E-state index contributed by atoms with van der Waals surface area (Å²) >= 11 is 0. The summed E-state index contributed by atoms with van der Waals surface area (Å²) in [5, 5.41) is 10.2. The Morgan fingerprint density at radius 3 is 2.03 bits per heavy atom. The van der Waals surface area contributed by atoms with Crippen LogP contribution in [0, 0.1) is 0 Å². The molecule has 0 saturated heterocycles. The van der Waals surface area contributed by atoms with Crippen molar-refractivity contribution in [1.29, 1.82) is 0 Å². The average Bonchev–Trinajstić information content (AvgIpc) is 3.29. The quantitative estimate of drug-likeness (QED) is 0.357. The summed E-state index contributed by atoms with van der Waals surface area (Å²) in [6, 6.07) is 17.3. The normalized spacial score (nSPS) is 10.9. The third-order valence-corrected chi connectivity index (χ3v) is 5.74. The molecule has 4 rings (SSSR count). The molecule has 9 nitrogen and oxygen atoms in total. The van der Waals surface area contributed by atoms with Crippen molar-refractivity contribution in [3.05, 3.63) is 89.0 Å². The number of benzene rings is 3. The monoisotopic (exact) mass is 502 g/mol. The Balaban J connectivity index is 1.84. The molecule has 0 radical (unpaired) electrons. The second kappa shape index (κ2) is 10.8. The van der Waals surface area contributed by atoms with Crippen LogP contribution in [0.2, 0.25) is 0 Å². The molecule has 0 bridgehead atoms. The van der Waals surface area contributed by atoms with Gasteiger partial charge in [-0.2, -0.15) is 0 Å². The van der Waals surface area contributed by atoms with Crippen molar-refractivity contribution in [2.75, 3.05) is 28.4 Å². The number of hydrogen-bond donors (Lipinski definition) is 1. The molecular weight excluding hydrogens is 476 g/mol. The Labute approximate surface area is 213 Å². The van der Waals surface area contributed by atoms with E-state index in [4.69, 9.17) is 18.9 Å². The summed E-state index contributed by atoms with van der Waals surface area (Å²) < 4.78 is 23.6. The van der Waals surface area contributed by atoms with Gasteiger partial charge in [0, 0.05) is 17.8 Å². The van der Waals surface area contributed by atoms with Crippen LogP contribution in [0.4, 0.5) is 0 Å². The molecule has 37 heavy (non-hydrogen) atoms. The van der Waals surface area contributed by atoms with Gasteiger partial charge in [-0.15, -0.1) is 0 Å². The van der Waals surface area contributed by atoms with Gasteiger partial charge in [-0.25, -0.2) is 9.36 Å². The molecule has 0 spiro atoms. The van der Waals surface area contributed by atoms with Gasteiger partial charge >= 0.3 is 5.69 Å². The maximum Gasteiger partial charge on any atom is 0.340 e. The molecule has 9 heteroatoms. The molecule has 0 fully saturated rings. The number of imidazole rings is 1. The van der Waals surface area contributed by atoms with E-state index in [2.05, 4.69) is 0 Å². The fraction of sp³-hybridized carbons (Fsp3) is 0.143. The lowest BCUT2D eigenvalue weighted by Gasteiger charge is -2.10. The van der Waals surface area contributed by atoms with E-state index in [1.54, 1.807) is 48.7 Å². The van der Waals surface area contributed by atoms with Crippen LogP contribution < -0.4 is 24.6 Å². The number of carbonyl (C=O) groups excluding carboxylic acids is 1. The maximum atomic E-state index is 13.5. The fourth-order valence-corrected chi connectivity index (χ4v) is 3.88. The van der Waals surface area contributed by atoms with Crippen LogP contribution in [0.3, 0.4) is 0 Å². The Morgan fingerprint density at radius 2 is 1.43 bits per heavy atom. The second-order valence-corrected chi connectivity index (χ2v) is 7.85. The van der Waals surface area contributed by atoms with Crippen molar-refractivity contribution in [3.8, 4) is 45.7 Å². The lowest BCUT2D eigenvalue weighted by atomic mass is 10.1. The molecular formula is C28H26N2O7. The number of aromatic hydroxyl groups is 1. The van der Waals surface area contributed by atoms with Gasteiger partial charge in [0.15, 0.2) is 23.0 Å². The van der Waals surface area contributed by atoms with Gasteiger partial charge in [-0.1, -0.05) is 18.2 Å². The first-order valence-corrected chi connectivity index (χ1v) is 11.2. The Bertz CT molecular complexity index is 1490. The summed E-state index contributed by atoms with van der Waals surface area (Å²) in [6.45, 7) is 0. The van der Waals surface area contributed by atoms with Crippen molar-refractivity contribution >= 4 is 12.0 Å². The lowest BCUT2D eigenvalue weighted by molar-refractivity contribution is 0.0967. The summed E-state index contributed by atoms with van der Waals surface area (Å²) in [4.78, 5) is 26.9. The highest BCUT2D eigenvalue weighted by molar-refractivity contribution is 5.96. The van der Waals surface area contributed by atoms with Gasteiger partial charge in [-0.3, -0.25) is 9.36 Å². The van der Waals surface area contributed by atoms with E-state index in [1.807, 2.05) is 18.2 Å². The number of para-hydroxylation sites is 1. The fourth-order valence-electron chi connectivity index (χ4n) is 3.88. The van der Waals surface area contributed by atoms with Gasteiger partial charge in [0.05, 0.1) is 39.8 Å². The number of aromatic nitrogens is 2. The number of ether oxygens (including phenoxy) is 4. The zero-order valence-electron chi connectivity index (χ0n) is 20.8. The molecule has 1 heterocycles. The summed E-state index contributed by atoms with van der Waals surface area (Å²) in [5.74, 6) is 0.618.